The van der Waals surface area contributed by atoms with Gasteiger partial charge in [0.05, 0.1) is 6.61 Å². The van der Waals surface area contributed by atoms with Crippen molar-refractivity contribution in [1.29, 1.82) is 0 Å². The first-order valence-corrected chi connectivity index (χ1v) is 10.4. The highest BCUT2D eigenvalue weighted by Crippen LogP contribution is 2.40. The Balaban J connectivity index is 2.00. The maximum absolute atomic E-state index is 13.4. The van der Waals surface area contributed by atoms with Gasteiger partial charge in [-0.3, -0.25) is 9.59 Å². The van der Waals surface area contributed by atoms with E-state index in [-0.39, 0.29) is 23.9 Å². The topological polar surface area (TPSA) is 84.5 Å². The zero-order chi connectivity index (χ0) is 22.5. The Labute approximate surface area is 183 Å². The molecule has 1 aromatic heterocycles. The number of benzene rings is 2. The maximum atomic E-state index is 13.4. The summed E-state index contributed by atoms with van der Waals surface area (Å²) in [7, 11) is 0. The molecule has 0 atom stereocenters. The van der Waals surface area contributed by atoms with Crippen molar-refractivity contribution in [2.24, 2.45) is 0 Å². The second-order valence-electron chi connectivity index (χ2n) is 6.68. The van der Waals surface area contributed by atoms with Crippen molar-refractivity contribution < 1.29 is 23.5 Å². The summed E-state index contributed by atoms with van der Waals surface area (Å²) in [6.07, 6.45) is 0. The highest BCUT2D eigenvalue weighted by atomic mass is 32.1. The number of carbonyl (C=O) groups is 3. The van der Waals surface area contributed by atoms with Gasteiger partial charge in [0, 0.05) is 28.6 Å². The first-order chi connectivity index (χ1) is 14.8. The number of nitrogens with one attached hydrogen (secondary N) is 2. The Kier molecular flexibility index (Phi) is 6.81. The van der Waals surface area contributed by atoms with Gasteiger partial charge in [0.25, 0.3) is 5.91 Å². The molecule has 0 bridgehead atoms. The largest absolute Gasteiger partial charge is 0.462 e. The number of amides is 2. The maximum Gasteiger partial charge on any atom is 0.341 e. The van der Waals surface area contributed by atoms with Gasteiger partial charge in [-0.25, -0.2) is 9.18 Å². The predicted molar refractivity (Wildman–Crippen MR) is 119 cm³/mol. The molecule has 2 aromatic carbocycles. The fourth-order valence-electron chi connectivity index (χ4n) is 3.11. The normalized spacial score (nSPS) is 10.5. The molecule has 2 amide bonds. The lowest BCUT2D eigenvalue weighted by molar-refractivity contribution is -0.114. The van der Waals surface area contributed by atoms with Gasteiger partial charge < -0.3 is 15.4 Å². The van der Waals surface area contributed by atoms with Crippen molar-refractivity contribution in [2.45, 2.75) is 20.8 Å². The van der Waals surface area contributed by atoms with Crippen LogP contribution in [0.3, 0.4) is 0 Å². The van der Waals surface area contributed by atoms with Crippen molar-refractivity contribution in [2.75, 3.05) is 17.2 Å². The summed E-state index contributed by atoms with van der Waals surface area (Å²) in [5.41, 5.74) is 2.26. The van der Waals surface area contributed by atoms with Gasteiger partial charge in [-0.2, -0.15) is 0 Å². The fourth-order valence-corrected chi connectivity index (χ4v) is 4.17. The molecule has 2 N–H and O–H groups in total. The molecule has 0 unspecified atom stereocenters. The van der Waals surface area contributed by atoms with E-state index in [1.165, 1.54) is 30.4 Å². The number of halogens is 1. The van der Waals surface area contributed by atoms with Crippen molar-refractivity contribution >= 4 is 39.8 Å². The summed E-state index contributed by atoms with van der Waals surface area (Å²) in [6.45, 7) is 5.06. The summed E-state index contributed by atoms with van der Waals surface area (Å²) in [5, 5.41) is 5.75. The van der Waals surface area contributed by atoms with E-state index < -0.39 is 11.9 Å². The third-order valence-electron chi connectivity index (χ3n) is 4.37. The molecule has 0 radical (unpaired) electrons. The van der Waals surface area contributed by atoms with Crippen LogP contribution in [0.4, 0.5) is 15.1 Å². The smallest absolute Gasteiger partial charge is 0.341 e. The molecular formula is C23H21FN2O4S. The number of esters is 1. The first kappa shape index (κ1) is 22.2. The lowest BCUT2D eigenvalue weighted by atomic mass is 10.0. The standard InChI is InChI=1S/C23H21FN2O4S/c1-4-30-23(29)20-19(15-8-10-17(24)11-9-15)13(2)31-22(20)26-21(28)16-6-5-7-18(12-16)25-14(3)27/h5-12H,4H2,1-3H3,(H,25,27)(H,26,28). The SMILES string of the molecule is CCOC(=O)c1c(NC(=O)c2cccc(NC(C)=O)c2)sc(C)c1-c1ccc(F)cc1. The summed E-state index contributed by atoms with van der Waals surface area (Å²) in [6, 6.07) is 12.2. The van der Waals surface area contributed by atoms with Crippen LogP contribution in [0, 0.1) is 12.7 Å². The second-order valence-corrected chi connectivity index (χ2v) is 7.91. The first-order valence-electron chi connectivity index (χ1n) is 9.55. The van der Waals surface area contributed by atoms with E-state index in [1.54, 1.807) is 43.3 Å². The second kappa shape index (κ2) is 9.53. The van der Waals surface area contributed by atoms with Gasteiger partial charge in [-0.15, -0.1) is 11.3 Å². The Bertz CT molecular complexity index is 1140. The zero-order valence-electron chi connectivity index (χ0n) is 17.2. The minimum atomic E-state index is -0.575. The van der Waals surface area contributed by atoms with E-state index >= 15 is 0 Å². The summed E-state index contributed by atoms with van der Waals surface area (Å²) < 4.78 is 18.6. The molecular weight excluding hydrogens is 419 g/mol. The number of ether oxygens (including phenoxy) is 1. The molecule has 0 saturated carbocycles. The molecule has 0 aliphatic rings. The Morgan fingerprint density at radius 3 is 2.42 bits per heavy atom. The molecule has 6 nitrogen and oxygen atoms in total. The van der Waals surface area contributed by atoms with Crippen LogP contribution >= 0.6 is 11.3 Å². The molecule has 31 heavy (non-hydrogen) atoms. The van der Waals surface area contributed by atoms with Crippen LogP contribution in [-0.4, -0.2) is 24.4 Å². The zero-order valence-corrected chi connectivity index (χ0v) is 18.1. The van der Waals surface area contributed by atoms with Gasteiger partial charge in [-0.1, -0.05) is 18.2 Å². The average molecular weight is 440 g/mol. The monoisotopic (exact) mass is 440 g/mol. The van der Waals surface area contributed by atoms with Crippen LogP contribution in [0.5, 0.6) is 0 Å². The summed E-state index contributed by atoms with van der Waals surface area (Å²) in [4.78, 5) is 37.7. The molecule has 0 fully saturated rings. The van der Waals surface area contributed by atoms with Crippen LogP contribution in [0.2, 0.25) is 0 Å². The van der Waals surface area contributed by atoms with Crippen LogP contribution in [0.1, 0.15) is 39.4 Å². The van der Waals surface area contributed by atoms with Crippen molar-refractivity contribution in [3.8, 4) is 11.1 Å². The van der Waals surface area contributed by atoms with Crippen LogP contribution in [-0.2, 0) is 9.53 Å². The Morgan fingerprint density at radius 1 is 1.06 bits per heavy atom. The molecule has 0 aliphatic heterocycles. The molecule has 3 aromatic rings. The quantitative estimate of drug-likeness (QED) is 0.513. The number of anilines is 2. The molecule has 0 aliphatic carbocycles. The van der Waals surface area contributed by atoms with Crippen LogP contribution in [0.15, 0.2) is 48.5 Å². The number of hydrogen-bond donors (Lipinski definition) is 2. The number of hydrogen-bond acceptors (Lipinski definition) is 5. The van der Waals surface area contributed by atoms with Crippen LogP contribution < -0.4 is 10.6 Å². The predicted octanol–water partition coefficient (Wildman–Crippen LogP) is 5.25. The number of aryl methyl sites for hydroxylation is 1. The third kappa shape index (κ3) is 5.16. The average Bonchev–Trinajstić information content (AvgIpc) is 3.04. The molecule has 0 saturated heterocycles. The van der Waals surface area contributed by atoms with Crippen LogP contribution in [0.25, 0.3) is 11.1 Å². The van der Waals surface area contributed by atoms with Crippen molar-refractivity contribution in [1.82, 2.24) is 0 Å². The van der Waals surface area contributed by atoms with E-state index in [0.717, 1.165) is 4.88 Å². The van der Waals surface area contributed by atoms with E-state index in [2.05, 4.69) is 10.6 Å². The minimum Gasteiger partial charge on any atom is -0.462 e. The van der Waals surface area contributed by atoms with Gasteiger partial charge >= 0.3 is 5.97 Å². The number of carbonyl (C=O) groups excluding carboxylic acids is 3. The van der Waals surface area contributed by atoms with E-state index in [9.17, 15) is 18.8 Å². The number of rotatable bonds is 6. The Morgan fingerprint density at radius 2 is 1.77 bits per heavy atom. The molecule has 0 spiro atoms. The van der Waals surface area contributed by atoms with Crippen molar-refractivity contribution in [3.05, 3.63) is 70.4 Å². The highest BCUT2D eigenvalue weighted by molar-refractivity contribution is 7.17. The van der Waals surface area contributed by atoms with Gasteiger partial charge in [0.15, 0.2) is 0 Å². The third-order valence-corrected chi connectivity index (χ3v) is 5.39. The minimum absolute atomic E-state index is 0.169. The summed E-state index contributed by atoms with van der Waals surface area (Å²) in [5.74, 6) is -1.65. The lowest BCUT2D eigenvalue weighted by Crippen LogP contribution is -2.15. The molecule has 3 rings (SSSR count). The number of thiophene rings is 1. The molecule has 8 heteroatoms. The van der Waals surface area contributed by atoms with Crippen molar-refractivity contribution in [3.63, 3.8) is 0 Å². The van der Waals surface area contributed by atoms with Gasteiger partial charge in [0.1, 0.15) is 16.4 Å². The summed E-state index contributed by atoms with van der Waals surface area (Å²) >= 11 is 1.24. The molecule has 1 heterocycles. The van der Waals surface area contributed by atoms with E-state index in [0.29, 0.717) is 27.4 Å². The molecule has 160 valence electrons. The van der Waals surface area contributed by atoms with E-state index in [1.807, 2.05) is 6.92 Å². The van der Waals surface area contributed by atoms with Gasteiger partial charge in [-0.05, 0) is 49.7 Å². The Hall–Kier alpha value is -3.52. The fraction of sp³-hybridized carbons (Fsp3) is 0.174. The van der Waals surface area contributed by atoms with Gasteiger partial charge in [0.2, 0.25) is 5.91 Å². The lowest BCUT2D eigenvalue weighted by Gasteiger charge is -2.10. The highest BCUT2D eigenvalue weighted by Gasteiger charge is 2.26. The van der Waals surface area contributed by atoms with E-state index in [4.69, 9.17) is 4.74 Å².